The number of H-pyrrole nitrogens is 1. The van der Waals surface area contributed by atoms with Gasteiger partial charge in [0, 0.05) is 11.5 Å². The highest BCUT2D eigenvalue weighted by molar-refractivity contribution is 6.01. The molecule has 0 spiro atoms. The van der Waals surface area contributed by atoms with Gasteiger partial charge in [-0.3, -0.25) is 0 Å². The maximum absolute atomic E-state index is 11.8. The number of fused-ring (bicyclic) bond motifs is 2. The van der Waals surface area contributed by atoms with E-state index in [0.717, 1.165) is 0 Å². The van der Waals surface area contributed by atoms with Crippen LogP contribution in [-0.2, 0) is 4.74 Å². The molecular weight excluding hydrogens is 248 g/mol. The number of ether oxygens (including phenoxy) is 3. The molecule has 0 saturated carbocycles. The SMILES string of the molecule is CCOC(=O)c1[nH]c2cc3c(cc2c1C#N)OCO3. The van der Waals surface area contributed by atoms with E-state index < -0.39 is 5.97 Å². The number of benzene rings is 1. The van der Waals surface area contributed by atoms with Gasteiger partial charge < -0.3 is 19.2 Å². The van der Waals surface area contributed by atoms with Gasteiger partial charge >= 0.3 is 5.97 Å². The van der Waals surface area contributed by atoms with Gasteiger partial charge in [0.05, 0.1) is 17.7 Å². The van der Waals surface area contributed by atoms with Crippen molar-refractivity contribution >= 4 is 16.9 Å². The van der Waals surface area contributed by atoms with E-state index in [2.05, 4.69) is 4.98 Å². The molecule has 3 rings (SSSR count). The topological polar surface area (TPSA) is 84.3 Å². The molecule has 0 atom stereocenters. The first-order valence-corrected chi connectivity index (χ1v) is 5.77. The van der Waals surface area contributed by atoms with Crippen molar-refractivity contribution in [3.05, 3.63) is 23.4 Å². The fraction of sp³-hybridized carbons (Fsp3) is 0.231. The number of nitrogens with zero attached hydrogens (tertiary/aromatic N) is 1. The Hall–Kier alpha value is -2.68. The van der Waals surface area contributed by atoms with Crippen molar-refractivity contribution in [2.45, 2.75) is 6.92 Å². The van der Waals surface area contributed by atoms with E-state index in [4.69, 9.17) is 14.2 Å². The Labute approximate surface area is 108 Å². The first-order chi connectivity index (χ1) is 9.24. The summed E-state index contributed by atoms with van der Waals surface area (Å²) >= 11 is 0. The van der Waals surface area contributed by atoms with E-state index >= 15 is 0 Å². The Morgan fingerprint density at radius 2 is 2.21 bits per heavy atom. The van der Waals surface area contributed by atoms with Crippen LogP contribution in [0.4, 0.5) is 0 Å². The molecule has 1 N–H and O–H groups in total. The third kappa shape index (κ3) is 1.67. The smallest absolute Gasteiger partial charge is 0.356 e. The molecular formula is C13H10N2O4. The van der Waals surface area contributed by atoms with E-state index in [1.807, 2.05) is 6.07 Å². The van der Waals surface area contributed by atoms with Crippen molar-refractivity contribution in [1.82, 2.24) is 4.98 Å². The lowest BCUT2D eigenvalue weighted by atomic mass is 10.1. The first kappa shape index (κ1) is 11.4. The van der Waals surface area contributed by atoms with Gasteiger partial charge in [-0.2, -0.15) is 5.26 Å². The van der Waals surface area contributed by atoms with E-state index in [9.17, 15) is 10.1 Å². The lowest BCUT2D eigenvalue weighted by Crippen LogP contribution is -2.06. The normalized spacial score (nSPS) is 12.4. The van der Waals surface area contributed by atoms with Crippen LogP contribution < -0.4 is 9.47 Å². The Bertz CT molecular complexity index is 711. The molecule has 0 saturated heterocycles. The zero-order valence-corrected chi connectivity index (χ0v) is 10.1. The highest BCUT2D eigenvalue weighted by Gasteiger charge is 2.22. The fourth-order valence-electron chi connectivity index (χ4n) is 2.06. The molecule has 1 aromatic carbocycles. The molecule has 6 nitrogen and oxygen atoms in total. The van der Waals surface area contributed by atoms with Crippen LogP contribution in [0.3, 0.4) is 0 Å². The van der Waals surface area contributed by atoms with Crippen LogP contribution in [0.1, 0.15) is 23.0 Å². The van der Waals surface area contributed by atoms with E-state index in [-0.39, 0.29) is 24.7 Å². The van der Waals surface area contributed by atoms with Gasteiger partial charge in [0.2, 0.25) is 6.79 Å². The lowest BCUT2D eigenvalue weighted by molar-refractivity contribution is 0.0520. The zero-order valence-electron chi connectivity index (χ0n) is 10.1. The largest absolute Gasteiger partial charge is 0.461 e. The molecule has 1 aromatic heterocycles. The number of aromatic nitrogens is 1. The Morgan fingerprint density at radius 1 is 1.47 bits per heavy atom. The predicted octanol–water partition coefficient (Wildman–Crippen LogP) is 1.94. The van der Waals surface area contributed by atoms with Crippen molar-refractivity contribution < 1.29 is 19.0 Å². The molecule has 0 fully saturated rings. The Balaban J connectivity index is 2.20. The van der Waals surface area contributed by atoms with Crippen LogP contribution >= 0.6 is 0 Å². The van der Waals surface area contributed by atoms with Gasteiger partial charge in [-0.25, -0.2) is 4.79 Å². The second-order valence-electron chi connectivity index (χ2n) is 3.96. The summed E-state index contributed by atoms with van der Waals surface area (Å²) < 4.78 is 15.4. The number of esters is 1. The molecule has 1 aliphatic rings. The maximum atomic E-state index is 11.8. The average Bonchev–Trinajstić information content (AvgIpc) is 2.98. The number of rotatable bonds is 2. The minimum Gasteiger partial charge on any atom is -0.461 e. The monoisotopic (exact) mass is 258 g/mol. The fourth-order valence-corrected chi connectivity index (χ4v) is 2.06. The number of nitriles is 1. The minimum atomic E-state index is -0.544. The van der Waals surface area contributed by atoms with Crippen LogP contribution in [0.5, 0.6) is 11.5 Å². The summed E-state index contributed by atoms with van der Waals surface area (Å²) in [5.74, 6) is 0.615. The van der Waals surface area contributed by atoms with E-state index in [0.29, 0.717) is 22.4 Å². The average molecular weight is 258 g/mol. The summed E-state index contributed by atoms with van der Waals surface area (Å²) in [4.78, 5) is 14.7. The third-order valence-electron chi connectivity index (χ3n) is 2.88. The molecule has 0 unspecified atom stereocenters. The number of hydrogen-bond acceptors (Lipinski definition) is 5. The highest BCUT2D eigenvalue weighted by Crippen LogP contribution is 2.37. The second kappa shape index (κ2) is 4.21. The predicted molar refractivity (Wildman–Crippen MR) is 65.1 cm³/mol. The Morgan fingerprint density at radius 3 is 2.89 bits per heavy atom. The van der Waals surface area contributed by atoms with Gasteiger partial charge in [-0.1, -0.05) is 0 Å². The molecule has 0 amide bonds. The van der Waals surface area contributed by atoms with Crippen molar-refractivity contribution in [3.63, 3.8) is 0 Å². The van der Waals surface area contributed by atoms with E-state index in [1.165, 1.54) is 0 Å². The summed E-state index contributed by atoms with van der Waals surface area (Å²) in [6.07, 6.45) is 0. The highest BCUT2D eigenvalue weighted by atomic mass is 16.7. The second-order valence-corrected chi connectivity index (χ2v) is 3.96. The molecule has 0 radical (unpaired) electrons. The maximum Gasteiger partial charge on any atom is 0.356 e. The van der Waals surface area contributed by atoms with Crippen molar-refractivity contribution in [1.29, 1.82) is 5.26 Å². The first-order valence-electron chi connectivity index (χ1n) is 5.77. The lowest BCUT2D eigenvalue weighted by Gasteiger charge is -1.98. The number of nitrogens with one attached hydrogen (secondary N) is 1. The Kier molecular flexibility index (Phi) is 2.53. The number of hydrogen-bond donors (Lipinski definition) is 1. The van der Waals surface area contributed by atoms with Gasteiger partial charge in [0.15, 0.2) is 11.5 Å². The van der Waals surface area contributed by atoms with Gasteiger partial charge in [-0.05, 0) is 13.0 Å². The third-order valence-corrected chi connectivity index (χ3v) is 2.88. The molecule has 2 heterocycles. The van der Waals surface area contributed by atoms with Gasteiger partial charge in [-0.15, -0.1) is 0 Å². The van der Waals surface area contributed by atoms with Gasteiger partial charge in [0.25, 0.3) is 0 Å². The van der Waals surface area contributed by atoms with Crippen LogP contribution in [0, 0.1) is 11.3 Å². The van der Waals surface area contributed by atoms with Crippen LogP contribution in [0.15, 0.2) is 12.1 Å². The van der Waals surface area contributed by atoms with Gasteiger partial charge in [0.1, 0.15) is 11.8 Å². The molecule has 0 aliphatic carbocycles. The van der Waals surface area contributed by atoms with Crippen LogP contribution in [-0.4, -0.2) is 24.4 Å². The molecule has 2 aromatic rings. The molecule has 96 valence electrons. The van der Waals surface area contributed by atoms with E-state index in [1.54, 1.807) is 19.1 Å². The molecule has 0 bridgehead atoms. The number of aromatic amines is 1. The van der Waals surface area contributed by atoms with Crippen molar-refractivity contribution in [3.8, 4) is 17.6 Å². The standard InChI is InChI=1S/C13H10N2O4/c1-2-17-13(16)12-8(5-14)7-3-10-11(19-6-18-10)4-9(7)15-12/h3-4,15H,2,6H2,1H3. The summed E-state index contributed by atoms with van der Waals surface area (Å²) in [5, 5.41) is 9.84. The molecule has 19 heavy (non-hydrogen) atoms. The number of carbonyl (C=O) groups is 1. The molecule has 6 heteroatoms. The summed E-state index contributed by atoms with van der Waals surface area (Å²) in [7, 11) is 0. The van der Waals surface area contributed by atoms with Crippen molar-refractivity contribution in [2.75, 3.05) is 13.4 Å². The quantitative estimate of drug-likeness (QED) is 0.832. The minimum absolute atomic E-state index is 0.156. The summed E-state index contributed by atoms with van der Waals surface area (Å²) in [6, 6.07) is 5.42. The zero-order chi connectivity index (χ0) is 13.4. The molecule has 1 aliphatic heterocycles. The van der Waals surface area contributed by atoms with Crippen molar-refractivity contribution in [2.24, 2.45) is 0 Å². The number of carbonyl (C=O) groups excluding carboxylic acids is 1. The van der Waals surface area contributed by atoms with Crippen LogP contribution in [0.2, 0.25) is 0 Å². The van der Waals surface area contributed by atoms with Crippen LogP contribution in [0.25, 0.3) is 10.9 Å². The summed E-state index contributed by atoms with van der Waals surface area (Å²) in [6.45, 7) is 2.12. The summed E-state index contributed by atoms with van der Waals surface area (Å²) in [5.41, 5.74) is 1.05.